The molecule has 19 heavy (non-hydrogen) atoms. The van der Waals surface area contributed by atoms with E-state index in [1.807, 2.05) is 13.8 Å². The molecular formula is C15H17F3O. The summed E-state index contributed by atoms with van der Waals surface area (Å²) in [5.41, 5.74) is -1.21. The lowest BCUT2D eigenvalue weighted by molar-refractivity contribution is -0.138. The zero-order valence-electron chi connectivity index (χ0n) is 11.1. The third kappa shape index (κ3) is 2.67. The van der Waals surface area contributed by atoms with Crippen LogP contribution in [0.1, 0.15) is 49.0 Å². The van der Waals surface area contributed by atoms with Gasteiger partial charge in [0, 0.05) is 11.5 Å². The monoisotopic (exact) mass is 270 g/mol. The van der Waals surface area contributed by atoms with Gasteiger partial charge in [0.25, 0.3) is 0 Å². The van der Waals surface area contributed by atoms with E-state index >= 15 is 0 Å². The molecule has 1 saturated carbocycles. The first-order chi connectivity index (χ1) is 8.73. The molecule has 0 heterocycles. The van der Waals surface area contributed by atoms with Crippen molar-refractivity contribution >= 4 is 5.78 Å². The number of benzene rings is 1. The van der Waals surface area contributed by atoms with Crippen molar-refractivity contribution in [3.63, 3.8) is 0 Å². The molecule has 0 aliphatic heterocycles. The SMILES string of the molecule is CC1(C)CCCC1C(=O)c1ccccc1C(F)(F)F. The fourth-order valence-corrected chi connectivity index (χ4v) is 2.95. The van der Waals surface area contributed by atoms with Crippen molar-refractivity contribution in [3.05, 3.63) is 35.4 Å². The van der Waals surface area contributed by atoms with Crippen LogP contribution in [-0.4, -0.2) is 5.78 Å². The summed E-state index contributed by atoms with van der Waals surface area (Å²) in [6.07, 6.45) is -2.01. The lowest BCUT2D eigenvalue weighted by Crippen LogP contribution is -2.27. The molecule has 1 atom stereocenters. The first-order valence-corrected chi connectivity index (χ1v) is 6.44. The highest BCUT2D eigenvalue weighted by Crippen LogP contribution is 2.45. The van der Waals surface area contributed by atoms with Gasteiger partial charge in [-0.25, -0.2) is 0 Å². The molecule has 0 saturated heterocycles. The smallest absolute Gasteiger partial charge is 0.294 e. The topological polar surface area (TPSA) is 17.1 Å². The van der Waals surface area contributed by atoms with Crippen LogP contribution in [0, 0.1) is 11.3 Å². The molecule has 1 nitrogen and oxygen atoms in total. The van der Waals surface area contributed by atoms with E-state index in [-0.39, 0.29) is 22.7 Å². The van der Waals surface area contributed by atoms with Crippen LogP contribution in [0.25, 0.3) is 0 Å². The Hall–Kier alpha value is -1.32. The van der Waals surface area contributed by atoms with Crippen molar-refractivity contribution < 1.29 is 18.0 Å². The summed E-state index contributed by atoms with van der Waals surface area (Å²) in [7, 11) is 0. The maximum atomic E-state index is 12.9. The molecule has 0 bridgehead atoms. The van der Waals surface area contributed by atoms with E-state index < -0.39 is 11.7 Å². The van der Waals surface area contributed by atoms with Crippen LogP contribution in [0.5, 0.6) is 0 Å². The number of hydrogen-bond acceptors (Lipinski definition) is 1. The van der Waals surface area contributed by atoms with Gasteiger partial charge in [0.1, 0.15) is 0 Å². The van der Waals surface area contributed by atoms with Crippen LogP contribution in [0.2, 0.25) is 0 Å². The Kier molecular flexibility index (Phi) is 3.45. The third-order valence-corrected chi connectivity index (χ3v) is 4.07. The molecular weight excluding hydrogens is 253 g/mol. The number of carbonyl (C=O) groups is 1. The predicted octanol–water partition coefficient (Wildman–Crippen LogP) is 4.71. The van der Waals surface area contributed by atoms with Gasteiger partial charge in [0.05, 0.1) is 5.56 Å². The second-order valence-electron chi connectivity index (χ2n) is 5.84. The summed E-state index contributed by atoms with van der Waals surface area (Å²) >= 11 is 0. The summed E-state index contributed by atoms with van der Waals surface area (Å²) in [5, 5.41) is 0. The highest BCUT2D eigenvalue weighted by Gasteiger charge is 2.42. The molecule has 1 aliphatic carbocycles. The second-order valence-corrected chi connectivity index (χ2v) is 5.84. The summed E-state index contributed by atoms with van der Waals surface area (Å²) in [6, 6.07) is 5.08. The van der Waals surface area contributed by atoms with Gasteiger partial charge < -0.3 is 0 Å². The average molecular weight is 270 g/mol. The molecule has 104 valence electrons. The first-order valence-electron chi connectivity index (χ1n) is 6.44. The molecule has 0 amide bonds. The van der Waals surface area contributed by atoms with E-state index in [1.165, 1.54) is 18.2 Å². The minimum atomic E-state index is -4.48. The van der Waals surface area contributed by atoms with E-state index in [1.54, 1.807) is 0 Å². The summed E-state index contributed by atoms with van der Waals surface area (Å²) in [4.78, 5) is 12.4. The van der Waals surface area contributed by atoms with E-state index in [2.05, 4.69) is 0 Å². The molecule has 1 aromatic carbocycles. The van der Waals surface area contributed by atoms with E-state index in [9.17, 15) is 18.0 Å². The van der Waals surface area contributed by atoms with Crippen LogP contribution in [0.15, 0.2) is 24.3 Å². The van der Waals surface area contributed by atoms with Gasteiger partial charge in [-0.05, 0) is 24.3 Å². The van der Waals surface area contributed by atoms with Crippen LogP contribution >= 0.6 is 0 Å². The van der Waals surface area contributed by atoms with Crippen LogP contribution in [0.4, 0.5) is 13.2 Å². The maximum absolute atomic E-state index is 12.9. The van der Waals surface area contributed by atoms with Crippen molar-refractivity contribution in [3.8, 4) is 0 Å². The number of carbonyl (C=O) groups excluding carboxylic acids is 1. The van der Waals surface area contributed by atoms with E-state index in [0.717, 1.165) is 18.9 Å². The molecule has 1 aliphatic rings. The molecule has 0 radical (unpaired) electrons. The summed E-state index contributed by atoms with van der Waals surface area (Å²) < 4.78 is 38.8. The fraction of sp³-hybridized carbons (Fsp3) is 0.533. The van der Waals surface area contributed by atoms with Crippen LogP contribution < -0.4 is 0 Å². The first kappa shape index (κ1) is 14.1. The molecule has 1 aromatic rings. The van der Waals surface area contributed by atoms with Gasteiger partial charge in [-0.3, -0.25) is 4.79 Å². The summed E-state index contributed by atoms with van der Waals surface area (Å²) in [5.74, 6) is -0.675. The minimum Gasteiger partial charge on any atom is -0.294 e. The normalized spacial score (nSPS) is 22.5. The van der Waals surface area contributed by atoms with Gasteiger partial charge in [0.2, 0.25) is 0 Å². The van der Waals surface area contributed by atoms with Gasteiger partial charge >= 0.3 is 6.18 Å². The Morgan fingerprint density at radius 1 is 1.26 bits per heavy atom. The number of halogens is 3. The van der Waals surface area contributed by atoms with Gasteiger partial charge in [0.15, 0.2) is 5.78 Å². The van der Waals surface area contributed by atoms with Crippen molar-refractivity contribution in [2.45, 2.75) is 39.3 Å². The molecule has 4 heteroatoms. The highest BCUT2D eigenvalue weighted by atomic mass is 19.4. The van der Waals surface area contributed by atoms with E-state index in [4.69, 9.17) is 0 Å². The van der Waals surface area contributed by atoms with Crippen molar-refractivity contribution in [2.75, 3.05) is 0 Å². The van der Waals surface area contributed by atoms with Crippen LogP contribution in [0.3, 0.4) is 0 Å². The minimum absolute atomic E-state index is 0.185. The molecule has 2 rings (SSSR count). The van der Waals surface area contributed by atoms with Gasteiger partial charge in [-0.2, -0.15) is 13.2 Å². The predicted molar refractivity (Wildman–Crippen MR) is 66.9 cm³/mol. The van der Waals surface area contributed by atoms with E-state index in [0.29, 0.717) is 6.42 Å². The van der Waals surface area contributed by atoms with Crippen molar-refractivity contribution in [1.82, 2.24) is 0 Å². The van der Waals surface area contributed by atoms with Crippen molar-refractivity contribution in [2.24, 2.45) is 11.3 Å². The summed E-state index contributed by atoms with van der Waals surface area (Å²) in [6.45, 7) is 3.91. The van der Waals surface area contributed by atoms with Crippen molar-refractivity contribution in [1.29, 1.82) is 0 Å². The molecule has 0 aromatic heterocycles. The lowest BCUT2D eigenvalue weighted by atomic mass is 9.77. The lowest BCUT2D eigenvalue weighted by Gasteiger charge is -2.26. The van der Waals surface area contributed by atoms with Gasteiger partial charge in [-0.15, -0.1) is 0 Å². The molecule has 0 spiro atoms. The molecule has 1 unspecified atom stereocenters. The number of ketones is 1. The fourth-order valence-electron chi connectivity index (χ4n) is 2.95. The number of hydrogen-bond donors (Lipinski definition) is 0. The van der Waals surface area contributed by atoms with Crippen LogP contribution in [-0.2, 0) is 6.18 Å². The zero-order chi connectivity index (χ0) is 14.3. The van der Waals surface area contributed by atoms with Gasteiger partial charge in [-0.1, -0.05) is 38.5 Å². The standard InChI is InChI=1S/C15H17F3O/c1-14(2)9-5-8-12(14)13(19)10-6-3-4-7-11(10)15(16,17)18/h3-4,6-7,12H,5,8-9H2,1-2H3. The Morgan fingerprint density at radius 3 is 2.42 bits per heavy atom. The third-order valence-electron chi connectivity index (χ3n) is 4.07. The number of alkyl halides is 3. The number of rotatable bonds is 2. The molecule has 0 N–H and O–H groups in total. The Labute approximate surface area is 110 Å². The zero-order valence-corrected chi connectivity index (χ0v) is 11.1. The number of Topliss-reactive ketones (excluding diaryl/α,β-unsaturated/α-hetero) is 1. The molecule has 1 fully saturated rings. The maximum Gasteiger partial charge on any atom is 0.417 e. The second kappa shape index (κ2) is 4.66. The Balaban J connectivity index is 2.40. The average Bonchev–Trinajstić information content (AvgIpc) is 2.67. The Bertz CT molecular complexity index is 488. The highest BCUT2D eigenvalue weighted by molar-refractivity contribution is 6.00. The largest absolute Gasteiger partial charge is 0.417 e. The quantitative estimate of drug-likeness (QED) is 0.711. The Morgan fingerprint density at radius 2 is 1.89 bits per heavy atom.